The highest BCUT2D eigenvalue weighted by Crippen LogP contribution is 2.43. The van der Waals surface area contributed by atoms with E-state index in [0.29, 0.717) is 12.0 Å². The maximum atomic E-state index is 2.57. The highest BCUT2D eigenvalue weighted by Gasteiger charge is 2.37. The van der Waals surface area contributed by atoms with Crippen molar-refractivity contribution in [2.45, 2.75) is 58.5 Å². The van der Waals surface area contributed by atoms with E-state index in [0.717, 1.165) is 0 Å². The average Bonchev–Trinajstić information content (AvgIpc) is 2.15. The van der Waals surface area contributed by atoms with E-state index in [1.165, 1.54) is 17.7 Å². The maximum absolute atomic E-state index is 2.57. The van der Waals surface area contributed by atoms with E-state index in [-0.39, 0.29) is 5.54 Å². The molecular formula is C15H23N. The smallest absolute Gasteiger partial charge is 0.0408 e. The zero-order valence-electron chi connectivity index (χ0n) is 11.1. The molecule has 2 rings (SSSR count). The van der Waals surface area contributed by atoms with Crippen molar-refractivity contribution in [2.75, 3.05) is 4.90 Å². The van der Waals surface area contributed by atoms with Gasteiger partial charge in [0.15, 0.2) is 0 Å². The first-order valence-electron chi connectivity index (χ1n) is 6.32. The molecule has 0 N–H and O–H groups in total. The third-order valence-corrected chi connectivity index (χ3v) is 3.70. The lowest BCUT2D eigenvalue weighted by molar-refractivity contribution is 0.356. The van der Waals surface area contributed by atoms with E-state index in [4.69, 9.17) is 0 Å². The predicted octanol–water partition coefficient (Wildman–Crippen LogP) is 4.19. The Labute approximate surface area is 99.5 Å². The maximum Gasteiger partial charge on any atom is 0.0408 e. The fourth-order valence-corrected chi connectivity index (χ4v) is 3.38. The SMILES string of the molecule is CC1CC(C)(C)N(C(C)C)c2ccccc21. The van der Waals surface area contributed by atoms with Crippen LogP contribution in [0.15, 0.2) is 24.3 Å². The number of nitrogens with zero attached hydrogens (tertiary/aromatic N) is 1. The van der Waals surface area contributed by atoms with Crippen LogP contribution in [0.4, 0.5) is 5.69 Å². The van der Waals surface area contributed by atoms with E-state index < -0.39 is 0 Å². The van der Waals surface area contributed by atoms with E-state index in [1.807, 2.05) is 0 Å². The lowest BCUT2D eigenvalue weighted by Crippen LogP contribution is -2.51. The first kappa shape index (κ1) is 11.5. The number of para-hydroxylation sites is 1. The second-order valence-corrected chi connectivity index (χ2v) is 5.94. The molecule has 1 aromatic carbocycles. The summed E-state index contributed by atoms with van der Waals surface area (Å²) in [5.74, 6) is 0.668. The Morgan fingerprint density at radius 2 is 1.88 bits per heavy atom. The van der Waals surface area contributed by atoms with Crippen molar-refractivity contribution in [3.63, 3.8) is 0 Å². The minimum absolute atomic E-state index is 0.266. The van der Waals surface area contributed by atoms with Gasteiger partial charge in [-0.05, 0) is 51.7 Å². The highest BCUT2D eigenvalue weighted by atomic mass is 15.2. The van der Waals surface area contributed by atoms with Gasteiger partial charge in [-0.3, -0.25) is 0 Å². The minimum atomic E-state index is 0.266. The Bertz CT molecular complexity index is 379. The van der Waals surface area contributed by atoms with Crippen LogP contribution in [-0.4, -0.2) is 11.6 Å². The zero-order chi connectivity index (χ0) is 11.9. The van der Waals surface area contributed by atoms with Gasteiger partial charge in [0.05, 0.1) is 0 Å². The Morgan fingerprint density at radius 3 is 2.50 bits per heavy atom. The summed E-state index contributed by atoms with van der Waals surface area (Å²) in [7, 11) is 0. The molecule has 1 atom stereocenters. The van der Waals surface area contributed by atoms with Crippen LogP contribution >= 0.6 is 0 Å². The van der Waals surface area contributed by atoms with Crippen LogP contribution in [0.3, 0.4) is 0 Å². The van der Waals surface area contributed by atoms with Gasteiger partial charge < -0.3 is 4.90 Å². The number of rotatable bonds is 1. The minimum Gasteiger partial charge on any atom is -0.364 e. The summed E-state index contributed by atoms with van der Waals surface area (Å²) in [5.41, 5.74) is 3.21. The second kappa shape index (κ2) is 3.80. The van der Waals surface area contributed by atoms with Gasteiger partial charge in [0.25, 0.3) is 0 Å². The summed E-state index contributed by atoms with van der Waals surface area (Å²) < 4.78 is 0. The Kier molecular flexibility index (Phi) is 2.73. The first-order chi connectivity index (χ1) is 7.43. The molecule has 16 heavy (non-hydrogen) atoms. The zero-order valence-corrected chi connectivity index (χ0v) is 11.1. The van der Waals surface area contributed by atoms with E-state index >= 15 is 0 Å². The Hall–Kier alpha value is -0.980. The molecule has 1 aliphatic rings. The van der Waals surface area contributed by atoms with Gasteiger partial charge in [0.2, 0.25) is 0 Å². The summed E-state index contributed by atoms with van der Waals surface area (Å²) in [6, 6.07) is 9.43. The summed E-state index contributed by atoms with van der Waals surface area (Å²) in [6.07, 6.45) is 1.24. The van der Waals surface area contributed by atoms with Gasteiger partial charge in [0, 0.05) is 17.3 Å². The van der Waals surface area contributed by atoms with Gasteiger partial charge in [-0.2, -0.15) is 0 Å². The Morgan fingerprint density at radius 1 is 1.25 bits per heavy atom. The van der Waals surface area contributed by atoms with E-state index in [1.54, 1.807) is 0 Å². The van der Waals surface area contributed by atoms with E-state index in [2.05, 4.69) is 63.8 Å². The predicted molar refractivity (Wildman–Crippen MR) is 71.2 cm³/mol. The number of benzene rings is 1. The molecule has 0 fully saturated rings. The van der Waals surface area contributed by atoms with Crippen molar-refractivity contribution in [1.29, 1.82) is 0 Å². The molecule has 0 radical (unpaired) electrons. The second-order valence-electron chi connectivity index (χ2n) is 5.94. The summed E-state index contributed by atoms with van der Waals surface area (Å²) >= 11 is 0. The quantitative estimate of drug-likeness (QED) is 0.682. The molecule has 1 aromatic rings. The lowest BCUT2D eigenvalue weighted by Gasteiger charge is -2.49. The Balaban J connectivity index is 2.54. The summed E-state index contributed by atoms with van der Waals surface area (Å²) in [4.78, 5) is 2.57. The van der Waals surface area contributed by atoms with Gasteiger partial charge >= 0.3 is 0 Å². The van der Waals surface area contributed by atoms with Crippen LogP contribution in [0.25, 0.3) is 0 Å². The van der Waals surface area contributed by atoms with Crippen LogP contribution in [0.5, 0.6) is 0 Å². The van der Waals surface area contributed by atoms with Crippen molar-refractivity contribution < 1.29 is 0 Å². The molecule has 1 aliphatic heterocycles. The fourth-order valence-electron chi connectivity index (χ4n) is 3.38. The number of fused-ring (bicyclic) bond motifs is 1. The topological polar surface area (TPSA) is 3.24 Å². The molecule has 0 amide bonds. The standard InChI is InChI=1S/C15H23N/c1-11(2)16-14-9-7-6-8-13(14)12(3)10-15(16,4)5/h6-9,11-12H,10H2,1-5H3. The fraction of sp³-hybridized carbons (Fsp3) is 0.600. The van der Waals surface area contributed by atoms with Crippen molar-refractivity contribution in [3.8, 4) is 0 Å². The van der Waals surface area contributed by atoms with Crippen molar-refractivity contribution in [3.05, 3.63) is 29.8 Å². The number of hydrogen-bond acceptors (Lipinski definition) is 1. The van der Waals surface area contributed by atoms with Gasteiger partial charge in [-0.1, -0.05) is 25.1 Å². The lowest BCUT2D eigenvalue weighted by atomic mass is 9.79. The third kappa shape index (κ3) is 1.73. The molecule has 1 heteroatoms. The number of anilines is 1. The van der Waals surface area contributed by atoms with Crippen LogP contribution in [-0.2, 0) is 0 Å². The average molecular weight is 217 g/mol. The largest absolute Gasteiger partial charge is 0.364 e. The van der Waals surface area contributed by atoms with Crippen LogP contribution in [0, 0.1) is 0 Å². The van der Waals surface area contributed by atoms with Crippen LogP contribution in [0.1, 0.15) is 52.5 Å². The summed E-state index contributed by atoms with van der Waals surface area (Å²) in [5, 5.41) is 0. The van der Waals surface area contributed by atoms with Crippen LogP contribution in [0.2, 0.25) is 0 Å². The van der Waals surface area contributed by atoms with Crippen molar-refractivity contribution in [2.24, 2.45) is 0 Å². The first-order valence-corrected chi connectivity index (χ1v) is 6.32. The molecule has 0 spiro atoms. The monoisotopic (exact) mass is 217 g/mol. The number of hydrogen-bond donors (Lipinski definition) is 0. The summed E-state index contributed by atoms with van der Waals surface area (Å²) in [6.45, 7) is 11.6. The normalized spacial score (nSPS) is 23.4. The molecule has 0 bridgehead atoms. The van der Waals surface area contributed by atoms with Crippen LogP contribution < -0.4 is 4.90 Å². The third-order valence-electron chi connectivity index (χ3n) is 3.70. The molecule has 88 valence electrons. The van der Waals surface area contributed by atoms with Gasteiger partial charge in [0.1, 0.15) is 0 Å². The molecule has 1 nitrogen and oxygen atoms in total. The molecular weight excluding hydrogens is 194 g/mol. The molecule has 1 unspecified atom stereocenters. The van der Waals surface area contributed by atoms with Crippen molar-refractivity contribution >= 4 is 5.69 Å². The van der Waals surface area contributed by atoms with Gasteiger partial charge in [-0.25, -0.2) is 0 Å². The van der Waals surface area contributed by atoms with Crippen molar-refractivity contribution in [1.82, 2.24) is 0 Å². The molecule has 0 saturated heterocycles. The van der Waals surface area contributed by atoms with E-state index in [9.17, 15) is 0 Å². The highest BCUT2D eigenvalue weighted by molar-refractivity contribution is 5.60. The molecule has 0 aromatic heterocycles. The molecule has 1 heterocycles. The van der Waals surface area contributed by atoms with Gasteiger partial charge in [-0.15, -0.1) is 0 Å². The molecule has 0 aliphatic carbocycles. The molecule has 0 saturated carbocycles.